The zero-order chi connectivity index (χ0) is 14.8. The van der Waals surface area contributed by atoms with E-state index in [1.807, 2.05) is 24.3 Å². The number of hydrogen-bond donors (Lipinski definition) is 2. The molecule has 1 aromatic rings. The summed E-state index contributed by atoms with van der Waals surface area (Å²) in [7, 11) is 1.66. The van der Waals surface area contributed by atoms with E-state index in [9.17, 15) is 9.59 Å². The van der Waals surface area contributed by atoms with Crippen molar-refractivity contribution in [3.05, 3.63) is 29.8 Å². The number of rotatable bonds is 9. The molecule has 0 heterocycles. The van der Waals surface area contributed by atoms with Crippen LogP contribution in [0.2, 0.25) is 0 Å². The quantitative estimate of drug-likeness (QED) is 0.315. The maximum atomic E-state index is 11.1. The Morgan fingerprint density at radius 1 is 1.15 bits per heavy atom. The Kier molecular flexibility index (Phi) is 7.35. The summed E-state index contributed by atoms with van der Waals surface area (Å²) in [5.74, 6) is -0.599. The summed E-state index contributed by atoms with van der Waals surface area (Å²) in [6.45, 7) is 0. The zero-order valence-electron chi connectivity index (χ0n) is 11.7. The van der Waals surface area contributed by atoms with Gasteiger partial charge in [-0.1, -0.05) is 31.0 Å². The van der Waals surface area contributed by atoms with Crippen LogP contribution < -0.4 is 10.2 Å². The van der Waals surface area contributed by atoms with Crippen LogP contribution in [0.25, 0.3) is 0 Å². The van der Waals surface area contributed by atoms with Gasteiger partial charge in [-0.25, -0.2) is 5.48 Å². The minimum Gasteiger partial charge on any atom is -0.496 e. The first-order valence-electron chi connectivity index (χ1n) is 6.78. The number of hydrogen-bond acceptors (Lipinski definition) is 4. The number of nitrogens with one attached hydrogen (secondary N) is 1. The third-order valence-corrected chi connectivity index (χ3v) is 3.15. The van der Waals surface area contributed by atoms with Crippen molar-refractivity contribution >= 4 is 11.7 Å². The van der Waals surface area contributed by atoms with Gasteiger partial charge in [0.15, 0.2) is 0 Å². The molecule has 110 valence electrons. The molecular weight excluding hydrogens is 258 g/mol. The van der Waals surface area contributed by atoms with Crippen molar-refractivity contribution in [1.82, 2.24) is 5.48 Å². The number of amides is 1. The number of methoxy groups -OCH3 is 1. The molecule has 1 amide bonds. The van der Waals surface area contributed by atoms with Crippen molar-refractivity contribution in [2.75, 3.05) is 7.11 Å². The molecule has 0 fully saturated rings. The second kappa shape index (κ2) is 9.09. The van der Waals surface area contributed by atoms with Crippen LogP contribution in [0.4, 0.5) is 0 Å². The Morgan fingerprint density at radius 3 is 2.55 bits per heavy atom. The second-order valence-electron chi connectivity index (χ2n) is 4.59. The number of carbonyl (C=O) groups is 2. The van der Waals surface area contributed by atoms with Crippen molar-refractivity contribution in [2.24, 2.45) is 0 Å². The molecule has 0 saturated heterocycles. The van der Waals surface area contributed by atoms with E-state index >= 15 is 0 Å². The number of benzene rings is 1. The van der Waals surface area contributed by atoms with Gasteiger partial charge >= 0.3 is 5.91 Å². The molecule has 1 aromatic carbocycles. The van der Waals surface area contributed by atoms with Crippen molar-refractivity contribution in [3.63, 3.8) is 0 Å². The molecule has 0 aromatic heterocycles. The highest BCUT2D eigenvalue weighted by Gasteiger charge is 2.11. The average molecular weight is 279 g/mol. The molecule has 0 radical (unpaired) electrons. The molecule has 0 unspecified atom stereocenters. The predicted molar refractivity (Wildman–Crippen MR) is 74.7 cm³/mol. The number of hydroxylamine groups is 1. The summed E-state index contributed by atoms with van der Waals surface area (Å²) in [6.07, 6.45) is 4.68. The Labute approximate surface area is 118 Å². The van der Waals surface area contributed by atoms with E-state index in [1.54, 1.807) is 7.11 Å². The van der Waals surface area contributed by atoms with Crippen LogP contribution in [0.5, 0.6) is 5.75 Å². The summed E-state index contributed by atoms with van der Waals surface area (Å²) in [5.41, 5.74) is 2.53. The van der Waals surface area contributed by atoms with Gasteiger partial charge in [-0.05, 0) is 30.9 Å². The number of ether oxygens (including phenoxy) is 1. The molecule has 2 N–H and O–H groups in total. The van der Waals surface area contributed by atoms with Crippen LogP contribution in [0, 0.1) is 0 Å². The molecule has 0 bridgehead atoms. The second-order valence-corrected chi connectivity index (χ2v) is 4.59. The van der Waals surface area contributed by atoms with Gasteiger partial charge in [-0.15, -0.1) is 0 Å². The van der Waals surface area contributed by atoms with Gasteiger partial charge in [0.1, 0.15) is 5.75 Å². The molecule has 20 heavy (non-hydrogen) atoms. The third kappa shape index (κ3) is 5.40. The van der Waals surface area contributed by atoms with Gasteiger partial charge in [0.2, 0.25) is 5.78 Å². The lowest BCUT2D eigenvalue weighted by molar-refractivity contribution is -0.143. The first-order valence-corrected chi connectivity index (χ1v) is 6.78. The summed E-state index contributed by atoms with van der Waals surface area (Å²) in [5, 5.41) is 8.29. The molecule has 0 aliphatic rings. The Hall–Kier alpha value is -1.88. The molecule has 0 spiro atoms. The molecule has 5 nitrogen and oxygen atoms in total. The smallest absolute Gasteiger partial charge is 0.310 e. The lowest BCUT2D eigenvalue weighted by atomic mass is 10.0. The zero-order valence-corrected chi connectivity index (χ0v) is 11.7. The number of unbranched alkanes of at least 4 members (excludes halogenated alkanes) is 3. The van der Waals surface area contributed by atoms with Crippen molar-refractivity contribution in [1.29, 1.82) is 0 Å². The first kappa shape index (κ1) is 16.2. The number of Topliss-reactive ketones (excluding diaryl/α,β-unsaturated/α-hetero) is 1. The lowest BCUT2D eigenvalue weighted by Gasteiger charge is -2.07. The van der Waals surface area contributed by atoms with Crippen LogP contribution in [0.1, 0.15) is 37.7 Å². The van der Waals surface area contributed by atoms with Gasteiger partial charge in [0.25, 0.3) is 0 Å². The summed E-state index contributed by atoms with van der Waals surface area (Å²) in [6, 6.07) is 7.93. The highest BCUT2D eigenvalue weighted by Crippen LogP contribution is 2.20. The van der Waals surface area contributed by atoms with E-state index < -0.39 is 11.7 Å². The Morgan fingerprint density at radius 2 is 1.85 bits per heavy atom. The van der Waals surface area contributed by atoms with Crippen LogP contribution in [0.15, 0.2) is 24.3 Å². The van der Waals surface area contributed by atoms with Gasteiger partial charge in [-0.2, -0.15) is 0 Å². The maximum Gasteiger partial charge on any atom is 0.310 e. The number of para-hydroxylation sites is 1. The molecule has 0 aliphatic heterocycles. The van der Waals surface area contributed by atoms with Gasteiger partial charge in [0, 0.05) is 6.42 Å². The normalized spacial score (nSPS) is 10.1. The van der Waals surface area contributed by atoms with Crippen molar-refractivity contribution in [2.45, 2.75) is 38.5 Å². The fourth-order valence-corrected chi connectivity index (χ4v) is 2.04. The van der Waals surface area contributed by atoms with Gasteiger partial charge < -0.3 is 4.74 Å². The maximum absolute atomic E-state index is 11.1. The minimum absolute atomic E-state index is 0.182. The van der Waals surface area contributed by atoms with Gasteiger partial charge in [-0.3, -0.25) is 14.8 Å². The van der Waals surface area contributed by atoms with E-state index in [-0.39, 0.29) is 6.42 Å². The molecule has 0 aliphatic carbocycles. The SMILES string of the molecule is COc1ccccc1CCCCCCC(=O)C(=O)NO. The summed E-state index contributed by atoms with van der Waals surface area (Å²) < 4.78 is 5.28. The van der Waals surface area contributed by atoms with Crippen LogP contribution in [0.3, 0.4) is 0 Å². The van der Waals surface area contributed by atoms with E-state index in [4.69, 9.17) is 9.94 Å². The van der Waals surface area contributed by atoms with Gasteiger partial charge in [0.05, 0.1) is 7.11 Å². The standard InChI is InChI=1S/C15H21NO4/c1-20-14-11-7-6-9-12(14)8-4-2-3-5-10-13(17)15(18)16-19/h6-7,9,11,19H,2-5,8,10H2,1H3,(H,16,18). The largest absolute Gasteiger partial charge is 0.496 e. The van der Waals surface area contributed by atoms with Crippen LogP contribution in [-0.2, 0) is 16.0 Å². The van der Waals surface area contributed by atoms with E-state index in [0.29, 0.717) is 6.42 Å². The lowest BCUT2D eigenvalue weighted by Crippen LogP contribution is -2.27. The molecule has 1 rings (SSSR count). The highest BCUT2D eigenvalue weighted by atomic mass is 16.5. The topological polar surface area (TPSA) is 75.6 Å². The predicted octanol–water partition coefficient (Wildman–Crippen LogP) is 2.26. The van der Waals surface area contributed by atoms with E-state index in [0.717, 1.165) is 31.4 Å². The monoisotopic (exact) mass is 279 g/mol. The van der Waals surface area contributed by atoms with E-state index in [2.05, 4.69) is 0 Å². The minimum atomic E-state index is -0.931. The number of carbonyl (C=O) groups excluding carboxylic acids is 2. The Bertz CT molecular complexity index is 445. The fraction of sp³-hybridized carbons (Fsp3) is 0.467. The molecule has 0 saturated carbocycles. The third-order valence-electron chi connectivity index (χ3n) is 3.15. The van der Waals surface area contributed by atoms with Crippen molar-refractivity contribution < 1.29 is 19.5 Å². The van der Waals surface area contributed by atoms with Crippen LogP contribution in [-0.4, -0.2) is 24.0 Å². The Balaban J connectivity index is 2.16. The first-order chi connectivity index (χ1) is 9.69. The summed E-state index contributed by atoms with van der Waals surface area (Å²) >= 11 is 0. The number of aryl methyl sites for hydroxylation is 1. The highest BCUT2D eigenvalue weighted by molar-refractivity contribution is 6.35. The molecular formula is C15H21NO4. The van der Waals surface area contributed by atoms with E-state index in [1.165, 1.54) is 11.0 Å². The molecule has 5 heteroatoms. The summed E-state index contributed by atoms with van der Waals surface area (Å²) in [4.78, 5) is 21.9. The fourth-order valence-electron chi connectivity index (χ4n) is 2.04. The van der Waals surface area contributed by atoms with Crippen LogP contribution >= 0.6 is 0 Å². The average Bonchev–Trinajstić information content (AvgIpc) is 2.49. The van der Waals surface area contributed by atoms with Crippen molar-refractivity contribution in [3.8, 4) is 5.75 Å². The number of ketones is 1. The molecule has 0 atom stereocenters.